The summed E-state index contributed by atoms with van der Waals surface area (Å²) in [6.07, 6.45) is 0. The molecule has 2 aromatic heterocycles. The van der Waals surface area contributed by atoms with E-state index in [0.717, 1.165) is 78.0 Å². The van der Waals surface area contributed by atoms with Crippen molar-refractivity contribution in [3.63, 3.8) is 0 Å². The summed E-state index contributed by atoms with van der Waals surface area (Å²) in [6, 6.07) is 60.9. The van der Waals surface area contributed by atoms with Gasteiger partial charge < -0.3 is 18.6 Å². The van der Waals surface area contributed by atoms with E-state index in [1.54, 1.807) is 0 Å². The number of anilines is 6. The van der Waals surface area contributed by atoms with Gasteiger partial charge in [0.05, 0.1) is 30.8 Å². The first-order valence-electron chi connectivity index (χ1n) is 24.4. The highest BCUT2D eigenvalue weighted by Gasteiger charge is 2.30. The fraction of sp³-hybridized carbons (Fsp3) is 0.175. The summed E-state index contributed by atoms with van der Waals surface area (Å²) >= 11 is 1.90. The minimum absolute atomic E-state index is 0.388. The van der Waals surface area contributed by atoms with Crippen LogP contribution in [-0.2, 0) is 0 Å². The largest absolute Gasteiger partial charge is 0.454 e. The van der Waals surface area contributed by atoms with Gasteiger partial charge in [0, 0.05) is 59.2 Å². The van der Waals surface area contributed by atoms with Crippen molar-refractivity contribution in [2.45, 2.75) is 77.2 Å². The van der Waals surface area contributed by atoms with Crippen LogP contribution in [0.1, 0.15) is 50.3 Å². The number of thioether (sulfide) groups is 1. The van der Waals surface area contributed by atoms with Gasteiger partial charge in [-0.25, -0.2) is 0 Å². The van der Waals surface area contributed by atoms with Crippen LogP contribution in [-0.4, -0.2) is 13.3 Å². The molecule has 0 saturated carbocycles. The third-order valence-corrected chi connectivity index (χ3v) is 17.2. The Bertz CT molecular complexity index is 3970. The molecule has 10 aromatic carbocycles. The Kier molecular flexibility index (Phi) is 10.2. The van der Waals surface area contributed by atoms with E-state index in [0.29, 0.717) is 11.2 Å². The fourth-order valence-corrected chi connectivity index (χ4v) is 13.0. The Morgan fingerprint density at radius 3 is 1.43 bits per heavy atom. The van der Waals surface area contributed by atoms with Crippen LogP contribution in [0.3, 0.4) is 0 Å². The van der Waals surface area contributed by atoms with Gasteiger partial charge in [-0.2, -0.15) is 0 Å². The third kappa shape index (κ3) is 7.10. The molecule has 0 atom stereocenters. The number of para-hydroxylation sites is 4. The van der Waals surface area contributed by atoms with E-state index < -0.39 is 8.07 Å². The second kappa shape index (κ2) is 16.3. The molecule has 12 rings (SSSR count). The zero-order valence-corrected chi connectivity index (χ0v) is 42.7. The van der Waals surface area contributed by atoms with Gasteiger partial charge in [0.25, 0.3) is 0 Å². The van der Waals surface area contributed by atoms with Gasteiger partial charge in [0.1, 0.15) is 11.2 Å². The molecule has 0 bridgehead atoms. The lowest BCUT2D eigenvalue weighted by Gasteiger charge is -2.33. The van der Waals surface area contributed by atoms with E-state index in [2.05, 4.69) is 235 Å². The highest BCUT2D eigenvalue weighted by molar-refractivity contribution is 7.99. The Hall–Kier alpha value is -6.99. The Morgan fingerprint density at radius 2 is 0.942 bits per heavy atom. The second-order valence-electron chi connectivity index (χ2n) is 20.6. The van der Waals surface area contributed by atoms with E-state index in [1.165, 1.54) is 59.1 Å². The van der Waals surface area contributed by atoms with Crippen LogP contribution in [0, 0.1) is 13.8 Å². The van der Waals surface area contributed by atoms with Gasteiger partial charge in [0.2, 0.25) is 0 Å². The number of hydrogen-bond acceptors (Lipinski definition) is 5. The molecule has 0 amide bonds. The molecule has 0 fully saturated rings. The van der Waals surface area contributed by atoms with E-state index >= 15 is 0 Å². The number of fused-ring (bicyclic) bond motifs is 6. The zero-order chi connectivity index (χ0) is 47.5. The van der Waals surface area contributed by atoms with Crippen LogP contribution in [0.2, 0.25) is 19.6 Å². The minimum Gasteiger partial charge on any atom is -0.454 e. The van der Waals surface area contributed by atoms with Gasteiger partial charge in [-0.1, -0.05) is 162 Å². The lowest BCUT2D eigenvalue weighted by Crippen LogP contribution is -2.37. The molecule has 0 spiro atoms. The maximum atomic E-state index is 6.97. The van der Waals surface area contributed by atoms with Crippen LogP contribution in [0.4, 0.5) is 34.1 Å². The average molecular weight is 933 g/mol. The molecule has 0 aliphatic rings. The molecular formula is C63H56N2O2SSi. The van der Waals surface area contributed by atoms with Crippen LogP contribution < -0.4 is 15.0 Å². The average Bonchev–Trinajstić information content (AvgIpc) is 3.91. The topological polar surface area (TPSA) is 32.8 Å². The van der Waals surface area contributed by atoms with Crippen molar-refractivity contribution in [1.82, 2.24) is 0 Å². The number of aryl methyl sites for hydroxylation is 2. The van der Waals surface area contributed by atoms with E-state index in [1.807, 2.05) is 11.8 Å². The summed E-state index contributed by atoms with van der Waals surface area (Å²) in [6.45, 7) is 20.9. The molecule has 4 nitrogen and oxygen atoms in total. The molecule has 69 heavy (non-hydrogen) atoms. The van der Waals surface area contributed by atoms with E-state index in [9.17, 15) is 0 Å². The fourth-order valence-electron chi connectivity index (χ4n) is 10.8. The highest BCUT2D eigenvalue weighted by atomic mass is 32.2. The lowest BCUT2D eigenvalue weighted by atomic mass is 9.88. The lowest BCUT2D eigenvalue weighted by molar-refractivity contribution is 0.669. The zero-order valence-electron chi connectivity index (χ0n) is 40.9. The molecule has 2 heterocycles. The summed E-state index contributed by atoms with van der Waals surface area (Å²) in [4.78, 5) is 6.24. The second-order valence-corrected chi connectivity index (χ2v) is 27.3. The minimum atomic E-state index is -1.65. The van der Waals surface area contributed by atoms with Crippen LogP contribution >= 0.6 is 11.8 Å². The van der Waals surface area contributed by atoms with Crippen molar-refractivity contribution in [2.24, 2.45) is 0 Å². The normalized spacial score (nSPS) is 12.4. The first-order valence-corrected chi connectivity index (χ1v) is 28.7. The molecule has 0 aliphatic carbocycles. The first-order chi connectivity index (χ1) is 33.3. The maximum absolute atomic E-state index is 6.97. The van der Waals surface area contributed by atoms with E-state index in [4.69, 9.17) is 8.83 Å². The highest BCUT2D eigenvalue weighted by Crippen LogP contribution is 2.54. The van der Waals surface area contributed by atoms with Crippen molar-refractivity contribution in [3.8, 4) is 0 Å². The van der Waals surface area contributed by atoms with Crippen molar-refractivity contribution in [2.75, 3.05) is 9.80 Å². The van der Waals surface area contributed by atoms with E-state index in [-0.39, 0.29) is 0 Å². The summed E-state index contributed by atoms with van der Waals surface area (Å²) in [5.74, 6) is 0.388. The Labute approximate surface area is 409 Å². The third-order valence-electron chi connectivity index (χ3n) is 14.2. The number of benzene rings is 10. The summed E-state index contributed by atoms with van der Waals surface area (Å²) in [5, 5.41) is 13.6. The quantitative estimate of drug-likeness (QED) is 0.0775. The number of nitrogens with zero attached hydrogens (tertiary/aromatic N) is 2. The Morgan fingerprint density at radius 1 is 0.435 bits per heavy atom. The summed E-state index contributed by atoms with van der Waals surface area (Å²) < 4.78 is 13.9. The predicted molar refractivity (Wildman–Crippen MR) is 302 cm³/mol. The van der Waals surface area contributed by atoms with Gasteiger partial charge in [-0.05, 0) is 107 Å². The monoisotopic (exact) mass is 932 g/mol. The number of hydrogen-bond donors (Lipinski definition) is 0. The van der Waals surface area contributed by atoms with Crippen LogP contribution in [0.5, 0.6) is 0 Å². The van der Waals surface area contributed by atoms with Gasteiger partial charge in [-0.3, -0.25) is 0 Å². The molecule has 12 aromatic rings. The molecule has 0 radical (unpaired) electrons. The van der Waals surface area contributed by atoms with Crippen LogP contribution in [0.25, 0.3) is 76.2 Å². The van der Waals surface area contributed by atoms with Gasteiger partial charge >= 0.3 is 0 Å². The molecule has 6 heteroatoms. The molecule has 0 N–H and O–H groups in total. The standard InChI is InChI=1S/C63H56N2O2SSi/c1-37(2)43-34-41-24-28-50-56(64(52-30-26-44(32-39(52)5)68-38(3)4)54-20-14-18-48-46-16-10-12-22-58(46)66-62(48)54)36-57(51-29-25-42(35-43)60(41)61(50)51)65(53-31-27-45(33-40(53)6)69(7,8)9)55-21-15-19-49-47-17-11-13-23-59(47)67-63(49)55/h10-38H,1-9H3. The van der Waals surface area contributed by atoms with Crippen LogP contribution in [0.15, 0.2) is 178 Å². The molecule has 0 saturated heterocycles. The van der Waals surface area contributed by atoms with Crippen molar-refractivity contribution in [1.29, 1.82) is 0 Å². The summed E-state index contributed by atoms with van der Waals surface area (Å²) in [5.41, 5.74) is 13.5. The summed E-state index contributed by atoms with van der Waals surface area (Å²) in [7, 11) is -1.65. The van der Waals surface area contributed by atoms with Crippen molar-refractivity contribution >= 4 is 135 Å². The smallest absolute Gasteiger partial charge is 0.159 e. The molecule has 0 unspecified atom stereocenters. The molecular weight excluding hydrogens is 877 g/mol. The van der Waals surface area contributed by atoms with Gasteiger partial charge in [-0.15, -0.1) is 11.8 Å². The first kappa shape index (κ1) is 43.3. The Balaban J connectivity index is 1.25. The van der Waals surface area contributed by atoms with Gasteiger partial charge in [0.15, 0.2) is 11.2 Å². The number of furan rings is 2. The predicted octanol–water partition coefficient (Wildman–Crippen LogP) is 19.1. The molecule has 340 valence electrons. The maximum Gasteiger partial charge on any atom is 0.159 e. The molecule has 0 aliphatic heterocycles. The SMILES string of the molecule is Cc1cc(SC(C)C)ccc1N(c1cc(N(c2ccc([Si](C)(C)C)cc2C)c2cccc3c2oc2ccccc23)c2ccc3cc(C(C)C)cc4ccc1c2c43)c1cccc2c1oc1ccccc12. The van der Waals surface area contributed by atoms with Crippen molar-refractivity contribution in [3.05, 3.63) is 180 Å². The van der Waals surface area contributed by atoms with Crippen molar-refractivity contribution < 1.29 is 8.83 Å². The number of rotatable bonds is 10.